The smallest absolute Gasteiger partial charge is 0.264 e. The van der Waals surface area contributed by atoms with Crippen molar-refractivity contribution < 1.29 is 23.8 Å². The Morgan fingerprint density at radius 1 is 1.18 bits per heavy atom. The second-order valence-electron chi connectivity index (χ2n) is 9.88. The molecule has 2 aromatic carbocycles. The molecule has 0 radical (unpaired) electrons. The zero-order chi connectivity index (χ0) is 24.7. The van der Waals surface area contributed by atoms with Crippen molar-refractivity contribution in [1.82, 2.24) is 4.90 Å². The number of rotatable bonds is 7. The van der Waals surface area contributed by atoms with E-state index in [1.807, 2.05) is 61.5 Å². The number of hydrogen-bond donors (Lipinski definition) is 1. The maximum atomic E-state index is 15.6. The minimum Gasteiger partial charge on any atom is -0.395 e. The van der Waals surface area contributed by atoms with Crippen molar-refractivity contribution in [3.05, 3.63) is 65.7 Å². The van der Waals surface area contributed by atoms with Gasteiger partial charge in [0.25, 0.3) is 5.91 Å². The zero-order valence-electron chi connectivity index (χ0n) is 20.2. The molecule has 2 amide bonds. The fourth-order valence-electron chi connectivity index (χ4n) is 5.82. The minimum absolute atomic E-state index is 0.0733. The third-order valence-electron chi connectivity index (χ3n) is 7.31. The van der Waals surface area contributed by atoms with Gasteiger partial charge in [0, 0.05) is 37.5 Å². The molecule has 182 valence electrons. The van der Waals surface area contributed by atoms with E-state index in [0.717, 1.165) is 16.8 Å². The highest BCUT2D eigenvalue weighted by atomic mass is 19.1. The number of anilines is 1. The van der Waals surface area contributed by atoms with Crippen molar-refractivity contribution in [1.29, 1.82) is 0 Å². The average Bonchev–Trinajstić information content (AvgIpc) is 3.21. The van der Waals surface area contributed by atoms with Gasteiger partial charge in [-0.1, -0.05) is 55.5 Å². The number of aliphatic hydroxyl groups excluding tert-OH is 1. The number of carbonyl (C=O) groups excluding carboxylic acids is 2. The van der Waals surface area contributed by atoms with Gasteiger partial charge in [0.2, 0.25) is 5.91 Å². The van der Waals surface area contributed by atoms with Crippen molar-refractivity contribution in [3.63, 3.8) is 0 Å². The molecule has 0 aromatic heterocycles. The number of hydrogen-bond acceptors (Lipinski definition) is 4. The summed E-state index contributed by atoms with van der Waals surface area (Å²) in [6.07, 6.45) is -0.862. The molecule has 4 rings (SSSR count). The van der Waals surface area contributed by atoms with Crippen LogP contribution in [-0.2, 0) is 26.5 Å². The molecule has 0 unspecified atom stereocenters. The lowest BCUT2D eigenvalue weighted by Gasteiger charge is -2.32. The third kappa shape index (κ3) is 4.01. The van der Waals surface area contributed by atoms with Gasteiger partial charge in [-0.3, -0.25) is 9.59 Å². The summed E-state index contributed by atoms with van der Waals surface area (Å²) < 4.78 is 22.1. The van der Waals surface area contributed by atoms with E-state index in [9.17, 15) is 14.7 Å². The Labute approximate surface area is 200 Å². The Balaban J connectivity index is 1.66. The second kappa shape index (κ2) is 9.12. The van der Waals surface area contributed by atoms with Crippen molar-refractivity contribution >= 4 is 17.5 Å². The molecule has 2 aliphatic heterocycles. The summed E-state index contributed by atoms with van der Waals surface area (Å²) in [7, 11) is 1.70. The van der Waals surface area contributed by atoms with Gasteiger partial charge in [-0.05, 0) is 25.5 Å². The number of nitrogens with zero attached hydrogens (tertiary/aromatic N) is 2. The summed E-state index contributed by atoms with van der Waals surface area (Å²) >= 11 is 0. The van der Waals surface area contributed by atoms with Gasteiger partial charge >= 0.3 is 0 Å². The molecule has 2 aliphatic rings. The van der Waals surface area contributed by atoms with Crippen LogP contribution in [0.25, 0.3) is 0 Å². The van der Waals surface area contributed by atoms with Crippen LogP contribution in [0.3, 0.4) is 0 Å². The number of ether oxygens (including phenoxy) is 1. The molecule has 1 fully saturated rings. The summed E-state index contributed by atoms with van der Waals surface area (Å²) in [5, 5.41) is 9.55. The van der Waals surface area contributed by atoms with Crippen LogP contribution in [0.15, 0.2) is 54.6 Å². The van der Waals surface area contributed by atoms with Crippen LogP contribution < -0.4 is 4.90 Å². The highest BCUT2D eigenvalue weighted by Crippen LogP contribution is 2.57. The van der Waals surface area contributed by atoms with Crippen LogP contribution in [0.4, 0.5) is 10.1 Å². The molecule has 0 bridgehead atoms. The number of fused-ring (bicyclic) bond motifs is 2. The summed E-state index contributed by atoms with van der Waals surface area (Å²) in [5.74, 6) is -1.63. The minimum atomic E-state index is -1.68. The number of carbonyl (C=O) groups is 2. The van der Waals surface area contributed by atoms with E-state index in [4.69, 9.17) is 4.74 Å². The summed E-state index contributed by atoms with van der Waals surface area (Å²) in [4.78, 5) is 30.0. The van der Waals surface area contributed by atoms with Gasteiger partial charge in [-0.15, -0.1) is 0 Å². The van der Waals surface area contributed by atoms with Crippen molar-refractivity contribution in [3.8, 4) is 0 Å². The molecule has 2 aromatic rings. The van der Waals surface area contributed by atoms with Gasteiger partial charge in [0.05, 0.1) is 24.8 Å². The first-order valence-electron chi connectivity index (χ1n) is 11.8. The molecule has 1 spiro atoms. The molecule has 4 atom stereocenters. The number of alkyl halides is 1. The Morgan fingerprint density at radius 3 is 2.47 bits per heavy atom. The molecule has 0 aliphatic carbocycles. The van der Waals surface area contributed by atoms with Crippen molar-refractivity contribution in [2.75, 3.05) is 25.1 Å². The summed E-state index contributed by atoms with van der Waals surface area (Å²) in [5.41, 5.74) is -0.606. The third-order valence-corrected chi connectivity index (χ3v) is 7.31. The Morgan fingerprint density at radius 2 is 1.82 bits per heavy atom. The quantitative estimate of drug-likeness (QED) is 0.673. The van der Waals surface area contributed by atoms with Gasteiger partial charge in [0.1, 0.15) is 5.67 Å². The first-order valence-corrected chi connectivity index (χ1v) is 11.8. The lowest BCUT2D eigenvalue weighted by Crippen LogP contribution is -2.44. The van der Waals surface area contributed by atoms with Crippen LogP contribution in [0.5, 0.6) is 0 Å². The first kappa shape index (κ1) is 24.4. The Kier molecular flexibility index (Phi) is 6.53. The summed E-state index contributed by atoms with van der Waals surface area (Å²) in [6.45, 7) is 5.13. The SMILES string of the molecule is C[C@H]1[C@H](C(C)(C)F)[C@@H](CC(=O)N(CCO)Cc2ccccc2)O[C@]12C(=O)N(C)c1ccccc12. The normalized spacial score (nSPS) is 26.2. The lowest BCUT2D eigenvalue weighted by molar-refractivity contribution is -0.150. The molecule has 6 nitrogen and oxygen atoms in total. The Hall–Kier alpha value is -2.77. The average molecular weight is 469 g/mol. The van der Waals surface area contributed by atoms with E-state index >= 15 is 4.39 Å². The largest absolute Gasteiger partial charge is 0.395 e. The molecular formula is C27H33FN2O4. The predicted molar refractivity (Wildman–Crippen MR) is 128 cm³/mol. The van der Waals surface area contributed by atoms with Crippen molar-refractivity contribution in [2.24, 2.45) is 11.8 Å². The molecule has 1 N–H and O–H groups in total. The van der Waals surface area contributed by atoms with E-state index in [2.05, 4.69) is 0 Å². The van der Waals surface area contributed by atoms with Crippen molar-refractivity contribution in [2.45, 2.75) is 51.1 Å². The number of amides is 2. The maximum Gasteiger partial charge on any atom is 0.264 e. The van der Waals surface area contributed by atoms with Gasteiger partial charge in [-0.25, -0.2) is 4.39 Å². The first-order chi connectivity index (χ1) is 16.1. The molecule has 0 saturated carbocycles. The fourth-order valence-corrected chi connectivity index (χ4v) is 5.82. The molecule has 7 heteroatoms. The predicted octanol–water partition coefficient (Wildman–Crippen LogP) is 3.67. The van der Waals surface area contributed by atoms with Gasteiger partial charge in [-0.2, -0.15) is 0 Å². The topological polar surface area (TPSA) is 70.1 Å². The maximum absolute atomic E-state index is 15.6. The number of aliphatic hydroxyl groups is 1. The van der Waals surface area contributed by atoms with E-state index in [0.29, 0.717) is 6.54 Å². The molecular weight excluding hydrogens is 435 g/mol. The summed E-state index contributed by atoms with van der Waals surface area (Å²) in [6, 6.07) is 16.9. The zero-order valence-corrected chi connectivity index (χ0v) is 20.2. The fraction of sp³-hybridized carbons (Fsp3) is 0.481. The lowest BCUT2D eigenvalue weighted by atomic mass is 9.71. The standard InChI is InChI=1S/C27H33FN2O4/c1-18-24(26(2,3)28)22(16-23(32)30(14-15-31)17-19-10-6-5-7-11-19)34-27(18)20-12-8-9-13-21(20)29(4)25(27)33/h5-13,18,22,24,31H,14-17H2,1-4H3/t18-,22+,24-,27+/m0/s1. The molecule has 2 heterocycles. The second-order valence-corrected chi connectivity index (χ2v) is 9.88. The molecule has 1 saturated heterocycles. The number of halogens is 1. The van der Waals surface area contributed by atoms with Crippen LogP contribution in [0.2, 0.25) is 0 Å². The Bertz CT molecular complexity index is 1050. The monoisotopic (exact) mass is 468 g/mol. The number of para-hydroxylation sites is 1. The molecule has 34 heavy (non-hydrogen) atoms. The van der Waals surface area contributed by atoms with Crippen LogP contribution >= 0.6 is 0 Å². The number of likely N-dealkylation sites (N-methyl/N-ethyl adjacent to an activating group) is 1. The highest BCUT2D eigenvalue weighted by molar-refractivity contribution is 6.07. The van der Waals surface area contributed by atoms with Crippen LogP contribution in [-0.4, -0.2) is 53.8 Å². The number of benzene rings is 2. The van der Waals surface area contributed by atoms with E-state index < -0.39 is 29.2 Å². The van der Waals surface area contributed by atoms with E-state index in [1.165, 1.54) is 13.8 Å². The van der Waals surface area contributed by atoms with Gasteiger partial charge in [0.15, 0.2) is 5.60 Å². The van der Waals surface area contributed by atoms with E-state index in [-0.39, 0.29) is 31.4 Å². The van der Waals surface area contributed by atoms with Crippen LogP contribution in [0, 0.1) is 11.8 Å². The van der Waals surface area contributed by atoms with Crippen LogP contribution in [0.1, 0.15) is 38.3 Å². The van der Waals surface area contributed by atoms with Gasteiger partial charge < -0.3 is 19.6 Å². The highest BCUT2D eigenvalue weighted by Gasteiger charge is 2.65. The van der Waals surface area contributed by atoms with E-state index in [1.54, 1.807) is 16.8 Å².